The molecule has 0 atom stereocenters. The average Bonchev–Trinajstić information content (AvgIpc) is 3.07. The van der Waals surface area contributed by atoms with E-state index in [0.29, 0.717) is 5.96 Å². The highest BCUT2D eigenvalue weighted by atomic mass is 16.2. The monoisotopic (exact) mass is 302 g/mol. The van der Waals surface area contributed by atoms with Crippen molar-refractivity contribution >= 4 is 17.6 Å². The molecule has 0 spiro atoms. The molecule has 1 aliphatic heterocycles. The lowest BCUT2D eigenvalue weighted by molar-refractivity contribution is -0.128. The summed E-state index contributed by atoms with van der Waals surface area (Å²) in [5.41, 5.74) is 9.42. The van der Waals surface area contributed by atoms with Crippen molar-refractivity contribution in [2.45, 2.75) is 39.5 Å². The number of carbonyl (C=O) groups excluding carboxylic acids is 1. The van der Waals surface area contributed by atoms with E-state index in [1.165, 1.54) is 11.1 Å². The number of hydrogen-bond acceptors (Lipinski definition) is 2. The molecule has 2 rings (SSSR count). The molecule has 1 aromatic carbocycles. The number of nitrogens with one attached hydrogen (secondary N) is 1. The summed E-state index contributed by atoms with van der Waals surface area (Å²) in [6, 6.07) is 6.24. The molecule has 0 aromatic heterocycles. The molecule has 5 nitrogen and oxygen atoms in total. The number of benzene rings is 1. The van der Waals surface area contributed by atoms with Crippen LogP contribution in [0, 0.1) is 0 Å². The van der Waals surface area contributed by atoms with E-state index in [1.54, 1.807) is 0 Å². The van der Waals surface area contributed by atoms with Gasteiger partial charge < -0.3 is 16.0 Å². The third-order valence-corrected chi connectivity index (χ3v) is 4.10. The molecule has 1 saturated heterocycles. The second-order valence-electron chi connectivity index (χ2n) is 5.57. The molecule has 0 unspecified atom stereocenters. The third kappa shape index (κ3) is 4.00. The molecule has 1 aromatic rings. The average molecular weight is 302 g/mol. The van der Waals surface area contributed by atoms with Gasteiger partial charge in [-0.1, -0.05) is 32.0 Å². The van der Waals surface area contributed by atoms with Crippen LogP contribution >= 0.6 is 0 Å². The first-order valence-corrected chi connectivity index (χ1v) is 8.11. The summed E-state index contributed by atoms with van der Waals surface area (Å²) in [6.07, 6.45) is 4.03. The standard InChI is InChI=1S/C17H26N4O/c1-3-13-8-7-9-14(4-2)16(13)20-17(18)19-12-15(22)21-10-5-6-11-21/h7-9H,3-6,10-12H2,1-2H3,(H3,18,19,20). The van der Waals surface area contributed by atoms with Crippen LogP contribution in [0.4, 0.5) is 5.69 Å². The molecule has 5 heteroatoms. The number of hydrogen-bond donors (Lipinski definition) is 2. The Balaban J connectivity index is 2.03. The Labute approximate surface area is 132 Å². The molecule has 0 bridgehead atoms. The first-order valence-electron chi connectivity index (χ1n) is 8.11. The van der Waals surface area contributed by atoms with Crippen molar-refractivity contribution < 1.29 is 4.79 Å². The van der Waals surface area contributed by atoms with E-state index in [9.17, 15) is 4.79 Å². The lowest BCUT2D eigenvalue weighted by Gasteiger charge is -2.16. The van der Waals surface area contributed by atoms with Gasteiger partial charge in [0, 0.05) is 18.8 Å². The minimum Gasteiger partial charge on any atom is -0.370 e. The van der Waals surface area contributed by atoms with Crippen molar-refractivity contribution in [3.8, 4) is 0 Å². The number of aliphatic imine (C=N–C) groups is 1. The van der Waals surface area contributed by atoms with Gasteiger partial charge in [-0.15, -0.1) is 0 Å². The number of amides is 1. The summed E-state index contributed by atoms with van der Waals surface area (Å²) in [5.74, 6) is 0.366. The number of guanidine groups is 1. The highest BCUT2D eigenvalue weighted by Crippen LogP contribution is 2.22. The van der Waals surface area contributed by atoms with Crippen LogP contribution in [0.3, 0.4) is 0 Å². The fourth-order valence-corrected chi connectivity index (χ4v) is 2.79. The number of para-hydroxylation sites is 1. The van der Waals surface area contributed by atoms with Crippen LogP contribution in [-0.2, 0) is 17.6 Å². The zero-order valence-electron chi connectivity index (χ0n) is 13.6. The fourth-order valence-electron chi connectivity index (χ4n) is 2.79. The predicted molar refractivity (Wildman–Crippen MR) is 91.1 cm³/mol. The maximum Gasteiger partial charge on any atom is 0.244 e. The number of nitrogens with zero attached hydrogens (tertiary/aromatic N) is 2. The molecule has 0 saturated carbocycles. The molecule has 120 valence electrons. The summed E-state index contributed by atoms with van der Waals surface area (Å²) in [4.78, 5) is 18.0. The smallest absolute Gasteiger partial charge is 0.244 e. The summed E-state index contributed by atoms with van der Waals surface area (Å²) in [6.45, 7) is 6.05. The van der Waals surface area contributed by atoms with Gasteiger partial charge in [0.15, 0.2) is 5.96 Å². The fraction of sp³-hybridized carbons (Fsp3) is 0.529. The first-order chi connectivity index (χ1) is 10.7. The Bertz CT molecular complexity index is 525. The number of anilines is 1. The van der Waals surface area contributed by atoms with Crippen LogP contribution in [0.1, 0.15) is 37.8 Å². The molecule has 22 heavy (non-hydrogen) atoms. The van der Waals surface area contributed by atoms with E-state index >= 15 is 0 Å². The maximum atomic E-state index is 12.0. The van der Waals surface area contributed by atoms with Gasteiger partial charge in [-0.25, -0.2) is 4.99 Å². The minimum absolute atomic E-state index is 0.0572. The van der Waals surface area contributed by atoms with E-state index in [1.807, 2.05) is 4.90 Å². The number of nitrogens with two attached hydrogens (primary N) is 1. The normalized spacial score (nSPS) is 15.2. The van der Waals surface area contributed by atoms with E-state index in [4.69, 9.17) is 5.73 Å². The Hall–Kier alpha value is -2.04. The molecule has 0 aliphatic carbocycles. The molecule has 1 aliphatic rings. The van der Waals surface area contributed by atoms with Crippen molar-refractivity contribution in [3.63, 3.8) is 0 Å². The van der Waals surface area contributed by atoms with Crippen molar-refractivity contribution in [2.75, 3.05) is 25.0 Å². The van der Waals surface area contributed by atoms with Gasteiger partial charge in [0.25, 0.3) is 0 Å². The largest absolute Gasteiger partial charge is 0.370 e. The topological polar surface area (TPSA) is 70.7 Å². The second-order valence-corrected chi connectivity index (χ2v) is 5.57. The Morgan fingerprint density at radius 2 is 1.82 bits per heavy atom. The molecule has 3 N–H and O–H groups in total. The Morgan fingerprint density at radius 1 is 1.23 bits per heavy atom. The highest BCUT2D eigenvalue weighted by Gasteiger charge is 2.17. The van der Waals surface area contributed by atoms with Crippen molar-refractivity contribution in [2.24, 2.45) is 10.7 Å². The van der Waals surface area contributed by atoms with Gasteiger partial charge >= 0.3 is 0 Å². The molecule has 0 radical (unpaired) electrons. The van der Waals surface area contributed by atoms with Crippen molar-refractivity contribution in [1.82, 2.24) is 4.90 Å². The number of aryl methyl sites for hydroxylation is 2. The van der Waals surface area contributed by atoms with Crippen LogP contribution in [0.25, 0.3) is 0 Å². The highest BCUT2D eigenvalue weighted by molar-refractivity contribution is 5.95. The van der Waals surface area contributed by atoms with Crippen molar-refractivity contribution in [1.29, 1.82) is 0 Å². The third-order valence-electron chi connectivity index (χ3n) is 4.10. The molecular weight excluding hydrogens is 276 g/mol. The Morgan fingerprint density at radius 3 is 2.36 bits per heavy atom. The second kappa shape index (κ2) is 7.82. The van der Waals surface area contributed by atoms with Crippen LogP contribution < -0.4 is 11.1 Å². The van der Waals surface area contributed by atoms with Gasteiger partial charge in [-0.05, 0) is 36.8 Å². The SMILES string of the molecule is CCc1cccc(CC)c1NC(N)=NCC(=O)N1CCCC1. The van der Waals surface area contributed by atoms with Gasteiger partial charge in [-0.2, -0.15) is 0 Å². The van der Waals surface area contributed by atoms with E-state index in [-0.39, 0.29) is 12.5 Å². The van der Waals surface area contributed by atoms with Gasteiger partial charge in [0.1, 0.15) is 6.54 Å². The molecule has 1 amide bonds. The molecule has 1 fully saturated rings. The lowest BCUT2D eigenvalue weighted by atomic mass is 10.0. The summed E-state index contributed by atoms with van der Waals surface area (Å²) >= 11 is 0. The predicted octanol–water partition coefficient (Wildman–Crippen LogP) is 2.16. The summed E-state index contributed by atoms with van der Waals surface area (Å²) < 4.78 is 0. The quantitative estimate of drug-likeness (QED) is 0.647. The van der Waals surface area contributed by atoms with Gasteiger partial charge in [0.05, 0.1) is 0 Å². The van der Waals surface area contributed by atoms with Crippen LogP contribution in [0.2, 0.25) is 0 Å². The van der Waals surface area contributed by atoms with E-state index in [0.717, 1.165) is 44.5 Å². The van der Waals surface area contributed by atoms with Crippen LogP contribution in [-0.4, -0.2) is 36.4 Å². The first kappa shape index (κ1) is 16.3. The van der Waals surface area contributed by atoms with Gasteiger partial charge in [0.2, 0.25) is 5.91 Å². The molecular formula is C17H26N4O. The number of likely N-dealkylation sites (tertiary alicyclic amines) is 1. The minimum atomic E-state index is 0.0572. The summed E-state index contributed by atoms with van der Waals surface area (Å²) in [5, 5.41) is 3.18. The number of rotatable bonds is 5. The van der Waals surface area contributed by atoms with Crippen molar-refractivity contribution in [3.05, 3.63) is 29.3 Å². The maximum absolute atomic E-state index is 12.0. The zero-order valence-corrected chi connectivity index (χ0v) is 13.6. The van der Waals surface area contributed by atoms with Crippen LogP contribution in [0.15, 0.2) is 23.2 Å². The summed E-state index contributed by atoms with van der Waals surface area (Å²) in [7, 11) is 0. The van der Waals surface area contributed by atoms with E-state index in [2.05, 4.69) is 42.4 Å². The zero-order chi connectivity index (χ0) is 15.9. The van der Waals surface area contributed by atoms with Crippen LogP contribution in [0.5, 0.6) is 0 Å². The molecule has 1 heterocycles. The number of carbonyl (C=O) groups is 1. The van der Waals surface area contributed by atoms with E-state index < -0.39 is 0 Å². The Kier molecular flexibility index (Phi) is 5.81. The lowest BCUT2D eigenvalue weighted by Crippen LogP contribution is -2.32. The van der Waals surface area contributed by atoms with Gasteiger partial charge in [-0.3, -0.25) is 4.79 Å².